The van der Waals surface area contributed by atoms with Gasteiger partial charge in [0.05, 0.1) is 5.41 Å². The standard InChI is InChI=1S/C14H20O3/c1-8-7-11(15)9(2)10(3)12(8)17-13(16)14(4,5)6/h7,15H,1-6H3. The molecule has 0 radical (unpaired) electrons. The Hall–Kier alpha value is -1.51. The molecular weight excluding hydrogens is 216 g/mol. The molecule has 17 heavy (non-hydrogen) atoms. The van der Waals surface area contributed by atoms with Crippen LogP contribution in [0, 0.1) is 26.2 Å². The maximum absolute atomic E-state index is 11.8. The zero-order valence-electron chi connectivity index (χ0n) is 11.3. The van der Waals surface area contributed by atoms with Crippen LogP contribution in [-0.2, 0) is 4.79 Å². The Labute approximate surface area is 102 Å². The van der Waals surface area contributed by atoms with Crippen LogP contribution in [0.25, 0.3) is 0 Å². The summed E-state index contributed by atoms with van der Waals surface area (Å²) in [5.41, 5.74) is 1.78. The van der Waals surface area contributed by atoms with Gasteiger partial charge in [0.1, 0.15) is 11.5 Å². The Kier molecular flexibility index (Phi) is 3.51. The summed E-state index contributed by atoms with van der Waals surface area (Å²) in [5.74, 6) is 0.518. The van der Waals surface area contributed by atoms with Crippen molar-refractivity contribution in [3.05, 3.63) is 22.8 Å². The Morgan fingerprint density at radius 2 is 1.71 bits per heavy atom. The van der Waals surface area contributed by atoms with Gasteiger partial charge in [-0.2, -0.15) is 0 Å². The highest BCUT2D eigenvalue weighted by atomic mass is 16.5. The topological polar surface area (TPSA) is 46.5 Å². The summed E-state index contributed by atoms with van der Waals surface area (Å²) in [4.78, 5) is 11.8. The minimum absolute atomic E-state index is 0.232. The smallest absolute Gasteiger partial charge is 0.316 e. The van der Waals surface area contributed by atoms with Crippen molar-refractivity contribution in [3.63, 3.8) is 0 Å². The summed E-state index contributed by atoms with van der Waals surface area (Å²) >= 11 is 0. The molecule has 0 aliphatic heterocycles. The predicted octanol–water partition coefficient (Wildman–Crippen LogP) is 3.27. The maximum atomic E-state index is 11.8. The molecule has 0 aliphatic rings. The van der Waals surface area contributed by atoms with E-state index in [0.717, 1.165) is 16.7 Å². The molecule has 0 heterocycles. The molecular formula is C14H20O3. The van der Waals surface area contributed by atoms with Gasteiger partial charge in [0.15, 0.2) is 0 Å². The molecule has 0 unspecified atom stereocenters. The quantitative estimate of drug-likeness (QED) is 0.601. The Morgan fingerprint density at radius 1 is 1.18 bits per heavy atom. The van der Waals surface area contributed by atoms with Crippen LogP contribution >= 0.6 is 0 Å². The Morgan fingerprint density at radius 3 is 2.18 bits per heavy atom. The van der Waals surface area contributed by atoms with Crippen molar-refractivity contribution in [3.8, 4) is 11.5 Å². The third-order valence-corrected chi connectivity index (χ3v) is 2.81. The summed E-state index contributed by atoms with van der Waals surface area (Å²) in [6.07, 6.45) is 0. The monoisotopic (exact) mass is 236 g/mol. The van der Waals surface area contributed by atoms with Crippen LogP contribution in [0.2, 0.25) is 0 Å². The third kappa shape index (κ3) is 2.78. The molecule has 0 spiro atoms. The van der Waals surface area contributed by atoms with E-state index in [0.29, 0.717) is 5.75 Å². The van der Waals surface area contributed by atoms with Crippen LogP contribution < -0.4 is 4.74 Å². The highest BCUT2D eigenvalue weighted by Gasteiger charge is 2.25. The van der Waals surface area contributed by atoms with Gasteiger partial charge in [-0.05, 0) is 64.3 Å². The second kappa shape index (κ2) is 4.40. The second-order valence-corrected chi connectivity index (χ2v) is 5.43. The summed E-state index contributed by atoms with van der Waals surface area (Å²) in [7, 11) is 0. The number of phenolic OH excluding ortho intramolecular Hbond substituents is 1. The molecule has 0 saturated carbocycles. The van der Waals surface area contributed by atoms with E-state index in [2.05, 4.69) is 0 Å². The lowest BCUT2D eigenvalue weighted by Gasteiger charge is -2.19. The third-order valence-electron chi connectivity index (χ3n) is 2.81. The summed E-state index contributed by atoms with van der Waals surface area (Å²) in [6.45, 7) is 10.9. The predicted molar refractivity (Wildman–Crippen MR) is 67.4 cm³/mol. The molecule has 1 aromatic rings. The van der Waals surface area contributed by atoms with E-state index in [1.165, 1.54) is 0 Å². The fraction of sp³-hybridized carbons (Fsp3) is 0.500. The van der Waals surface area contributed by atoms with Gasteiger partial charge in [0, 0.05) is 0 Å². The number of benzene rings is 1. The number of ether oxygens (including phenoxy) is 1. The number of aryl methyl sites for hydroxylation is 1. The van der Waals surface area contributed by atoms with Crippen LogP contribution in [0.4, 0.5) is 0 Å². The molecule has 0 fully saturated rings. The number of carbonyl (C=O) groups excluding carboxylic acids is 1. The van der Waals surface area contributed by atoms with E-state index in [9.17, 15) is 9.90 Å². The Balaban J connectivity index is 3.17. The molecule has 0 amide bonds. The lowest BCUT2D eigenvalue weighted by atomic mass is 9.97. The second-order valence-electron chi connectivity index (χ2n) is 5.43. The van der Waals surface area contributed by atoms with Gasteiger partial charge in [0.2, 0.25) is 0 Å². The van der Waals surface area contributed by atoms with Crippen molar-refractivity contribution in [1.82, 2.24) is 0 Å². The first-order valence-electron chi connectivity index (χ1n) is 5.66. The molecule has 94 valence electrons. The normalized spacial score (nSPS) is 11.4. The lowest BCUT2D eigenvalue weighted by Crippen LogP contribution is -2.26. The molecule has 3 nitrogen and oxygen atoms in total. The van der Waals surface area contributed by atoms with Crippen molar-refractivity contribution in [2.75, 3.05) is 0 Å². The van der Waals surface area contributed by atoms with Crippen molar-refractivity contribution in [2.24, 2.45) is 5.41 Å². The minimum atomic E-state index is -0.537. The number of aromatic hydroxyl groups is 1. The zero-order chi connectivity index (χ0) is 13.4. The Bertz CT molecular complexity index is 454. The average Bonchev–Trinajstić information content (AvgIpc) is 2.19. The summed E-state index contributed by atoms with van der Waals surface area (Å²) in [5, 5.41) is 9.66. The van der Waals surface area contributed by atoms with Gasteiger partial charge in [-0.15, -0.1) is 0 Å². The van der Waals surface area contributed by atoms with Gasteiger partial charge in [-0.3, -0.25) is 4.79 Å². The highest BCUT2D eigenvalue weighted by molar-refractivity contribution is 5.78. The van der Waals surface area contributed by atoms with E-state index in [1.54, 1.807) is 13.0 Å². The minimum Gasteiger partial charge on any atom is -0.508 e. The van der Waals surface area contributed by atoms with Gasteiger partial charge in [0.25, 0.3) is 0 Å². The molecule has 0 aromatic heterocycles. The molecule has 0 saturated heterocycles. The summed E-state index contributed by atoms with van der Waals surface area (Å²) in [6, 6.07) is 1.62. The number of hydrogen-bond acceptors (Lipinski definition) is 3. The van der Waals surface area contributed by atoms with E-state index in [1.807, 2.05) is 34.6 Å². The van der Waals surface area contributed by atoms with Gasteiger partial charge < -0.3 is 9.84 Å². The maximum Gasteiger partial charge on any atom is 0.316 e. The van der Waals surface area contributed by atoms with Crippen LogP contribution in [0.1, 0.15) is 37.5 Å². The summed E-state index contributed by atoms with van der Waals surface area (Å²) < 4.78 is 5.43. The first kappa shape index (κ1) is 13.6. The number of carbonyl (C=O) groups is 1. The van der Waals surface area contributed by atoms with Crippen LogP contribution in [0.15, 0.2) is 6.07 Å². The number of phenols is 1. The van der Waals surface area contributed by atoms with Crippen LogP contribution in [0.5, 0.6) is 11.5 Å². The van der Waals surface area contributed by atoms with Gasteiger partial charge in [-0.1, -0.05) is 0 Å². The molecule has 0 bridgehead atoms. The average molecular weight is 236 g/mol. The molecule has 1 N–H and O–H groups in total. The number of rotatable bonds is 1. The molecule has 0 aliphatic carbocycles. The molecule has 0 atom stereocenters. The number of esters is 1. The van der Waals surface area contributed by atoms with E-state index in [4.69, 9.17) is 4.74 Å². The van der Waals surface area contributed by atoms with Crippen molar-refractivity contribution in [2.45, 2.75) is 41.5 Å². The van der Waals surface area contributed by atoms with Crippen LogP contribution in [-0.4, -0.2) is 11.1 Å². The zero-order valence-corrected chi connectivity index (χ0v) is 11.3. The van der Waals surface area contributed by atoms with Crippen molar-refractivity contribution < 1.29 is 14.6 Å². The van der Waals surface area contributed by atoms with Crippen molar-refractivity contribution in [1.29, 1.82) is 0 Å². The largest absolute Gasteiger partial charge is 0.508 e. The van der Waals surface area contributed by atoms with Crippen LogP contribution in [0.3, 0.4) is 0 Å². The van der Waals surface area contributed by atoms with E-state index >= 15 is 0 Å². The molecule has 3 heteroatoms. The van der Waals surface area contributed by atoms with Gasteiger partial charge in [-0.25, -0.2) is 0 Å². The first-order valence-corrected chi connectivity index (χ1v) is 5.66. The number of hydrogen-bond donors (Lipinski definition) is 1. The van der Waals surface area contributed by atoms with Crippen molar-refractivity contribution >= 4 is 5.97 Å². The fourth-order valence-electron chi connectivity index (χ4n) is 1.44. The molecule has 1 aromatic carbocycles. The SMILES string of the molecule is Cc1cc(O)c(C)c(C)c1OC(=O)C(C)(C)C. The van der Waals surface area contributed by atoms with E-state index < -0.39 is 5.41 Å². The fourth-order valence-corrected chi connectivity index (χ4v) is 1.44. The van der Waals surface area contributed by atoms with E-state index in [-0.39, 0.29) is 11.7 Å². The first-order chi connectivity index (χ1) is 7.64. The van der Waals surface area contributed by atoms with Gasteiger partial charge >= 0.3 is 5.97 Å². The highest BCUT2D eigenvalue weighted by Crippen LogP contribution is 2.33. The molecule has 1 rings (SSSR count). The lowest BCUT2D eigenvalue weighted by molar-refractivity contribution is -0.143.